The summed E-state index contributed by atoms with van der Waals surface area (Å²) in [6, 6.07) is 6.45. The molecule has 0 aliphatic rings. The Morgan fingerprint density at radius 1 is 1.22 bits per heavy atom. The number of nitrogens with zero attached hydrogens (tertiary/aromatic N) is 2. The van der Waals surface area contributed by atoms with Crippen molar-refractivity contribution in [3.05, 3.63) is 29.8 Å². The lowest BCUT2D eigenvalue weighted by atomic mass is 10.1. The molecule has 6 nitrogen and oxygen atoms in total. The lowest BCUT2D eigenvalue weighted by molar-refractivity contribution is -0.0756. The first-order valence-electron chi connectivity index (χ1n) is 5.14. The Kier molecular flexibility index (Phi) is 4.31. The van der Waals surface area contributed by atoms with Crippen LogP contribution < -0.4 is 4.31 Å². The van der Waals surface area contributed by atoms with Gasteiger partial charge in [-0.2, -0.15) is 0 Å². The molecule has 1 rings (SSSR count). The van der Waals surface area contributed by atoms with Crippen molar-refractivity contribution in [1.82, 2.24) is 5.06 Å². The number of benzene rings is 1. The molecule has 7 heteroatoms. The number of para-hydroxylation sites is 1. The van der Waals surface area contributed by atoms with Crippen LogP contribution in [0, 0.1) is 0 Å². The minimum absolute atomic E-state index is 0.259. The van der Waals surface area contributed by atoms with E-state index in [1.54, 1.807) is 24.3 Å². The number of sulfonamides is 1. The van der Waals surface area contributed by atoms with Gasteiger partial charge in [0.15, 0.2) is 0 Å². The number of hydrogen-bond acceptors (Lipinski definition) is 4. The van der Waals surface area contributed by atoms with Crippen molar-refractivity contribution in [3.63, 3.8) is 0 Å². The molecular weight excluding hydrogens is 256 g/mol. The third-order valence-electron chi connectivity index (χ3n) is 2.53. The molecule has 1 aromatic carbocycles. The molecule has 0 heterocycles. The topological polar surface area (TPSA) is 66.9 Å². The second kappa shape index (κ2) is 5.36. The van der Waals surface area contributed by atoms with Gasteiger partial charge in [0.25, 0.3) is 5.91 Å². The Labute approximate surface area is 107 Å². The van der Waals surface area contributed by atoms with Gasteiger partial charge in [0.1, 0.15) is 0 Å². The molecule has 0 aromatic heterocycles. The van der Waals surface area contributed by atoms with Crippen LogP contribution >= 0.6 is 0 Å². The number of carbonyl (C=O) groups is 1. The fraction of sp³-hybridized carbons (Fsp3) is 0.364. The van der Waals surface area contributed by atoms with Crippen molar-refractivity contribution in [2.45, 2.75) is 0 Å². The Morgan fingerprint density at radius 2 is 1.78 bits per heavy atom. The molecule has 0 unspecified atom stereocenters. The van der Waals surface area contributed by atoms with Crippen LogP contribution in [0.2, 0.25) is 0 Å². The third-order valence-corrected chi connectivity index (χ3v) is 3.72. The van der Waals surface area contributed by atoms with E-state index in [9.17, 15) is 13.2 Å². The molecule has 0 aliphatic carbocycles. The standard InChI is InChI=1S/C11H16N2O4S/c1-12(17-3)11(14)9-7-5-6-8-10(9)13(2)18(4,15)16/h5-8H,1-4H3. The highest BCUT2D eigenvalue weighted by Crippen LogP contribution is 2.22. The Morgan fingerprint density at radius 3 is 2.28 bits per heavy atom. The van der Waals surface area contributed by atoms with E-state index in [1.807, 2.05) is 0 Å². The summed E-state index contributed by atoms with van der Waals surface area (Å²) in [6.45, 7) is 0. The summed E-state index contributed by atoms with van der Waals surface area (Å²) in [4.78, 5) is 16.8. The molecule has 0 bridgehead atoms. The summed E-state index contributed by atoms with van der Waals surface area (Å²) >= 11 is 0. The Balaban J connectivity index is 3.27. The fourth-order valence-electron chi connectivity index (χ4n) is 1.36. The highest BCUT2D eigenvalue weighted by molar-refractivity contribution is 7.92. The summed E-state index contributed by atoms with van der Waals surface area (Å²) < 4.78 is 24.1. The van der Waals surface area contributed by atoms with Crippen molar-refractivity contribution in [1.29, 1.82) is 0 Å². The van der Waals surface area contributed by atoms with Crippen LogP contribution in [0.1, 0.15) is 10.4 Å². The molecule has 0 spiro atoms. The number of hydrogen-bond donors (Lipinski definition) is 0. The maximum atomic E-state index is 12.0. The Hall–Kier alpha value is -1.60. The molecule has 0 radical (unpaired) electrons. The zero-order valence-corrected chi connectivity index (χ0v) is 11.6. The lowest BCUT2D eigenvalue weighted by Gasteiger charge is -2.21. The van der Waals surface area contributed by atoms with Gasteiger partial charge in [-0.25, -0.2) is 13.5 Å². The molecule has 18 heavy (non-hydrogen) atoms. The summed E-state index contributed by atoms with van der Waals surface area (Å²) in [6.07, 6.45) is 1.08. The van der Waals surface area contributed by atoms with E-state index in [0.29, 0.717) is 5.69 Å². The monoisotopic (exact) mass is 272 g/mol. The van der Waals surface area contributed by atoms with Gasteiger partial charge in [-0.05, 0) is 12.1 Å². The fourth-order valence-corrected chi connectivity index (χ4v) is 1.88. The Bertz CT molecular complexity index is 542. The SMILES string of the molecule is CON(C)C(=O)c1ccccc1N(C)S(C)(=O)=O. The molecule has 0 saturated carbocycles. The predicted molar refractivity (Wildman–Crippen MR) is 68.8 cm³/mol. The average Bonchev–Trinajstić information content (AvgIpc) is 2.35. The minimum Gasteiger partial charge on any atom is -0.274 e. The van der Waals surface area contributed by atoms with E-state index in [1.165, 1.54) is 21.2 Å². The van der Waals surface area contributed by atoms with Crippen molar-refractivity contribution in [3.8, 4) is 0 Å². The van der Waals surface area contributed by atoms with E-state index in [0.717, 1.165) is 15.6 Å². The number of rotatable bonds is 4. The van der Waals surface area contributed by atoms with Gasteiger partial charge in [-0.3, -0.25) is 13.9 Å². The van der Waals surface area contributed by atoms with Crippen LogP contribution in [0.4, 0.5) is 5.69 Å². The summed E-state index contributed by atoms with van der Waals surface area (Å²) in [5.41, 5.74) is 0.573. The normalized spacial score (nSPS) is 11.1. The molecular formula is C11H16N2O4S. The van der Waals surface area contributed by atoms with Gasteiger partial charge >= 0.3 is 0 Å². The van der Waals surface area contributed by atoms with Crippen molar-refractivity contribution >= 4 is 21.6 Å². The zero-order valence-electron chi connectivity index (χ0n) is 10.7. The van der Waals surface area contributed by atoms with Crippen LogP contribution in [0.5, 0.6) is 0 Å². The van der Waals surface area contributed by atoms with E-state index >= 15 is 0 Å². The maximum Gasteiger partial charge on any atom is 0.279 e. The van der Waals surface area contributed by atoms with Crippen molar-refractivity contribution in [2.75, 3.05) is 31.8 Å². The molecule has 0 N–H and O–H groups in total. The van der Waals surface area contributed by atoms with E-state index in [-0.39, 0.29) is 5.56 Å². The van der Waals surface area contributed by atoms with Crippen molar-refractivity contribution in [2.24, 2.45) is 0 Å². The quantitative estimate of drug-likeness (QED) is 0.757. The maximum absolute atomic E-state index is 12.0. The highest BCUT2D eigenvalue weighted by Gasteiger charge is 2.21. The smallest absolute Gasteiger partial charge is 0.274 e. The van der Waals surface area contributed by atoms with Crippen LogP contribution in [-0.2, 0) is 14.9 Å². The van der Waals surface area contributed by atoms with Gasteiger partial charge in [-0.1, -0.05) is 12.1 Å². The highest BCUT2D eigenvalue weighted by atomic mass is 32.2. The number of hydroxylamine groups is 2. The number of carbonyl (C=O) groups excluding carboxylic acids is 1. The summed E-state index contributed by atoms with van der Waals surface area (Å²) in [7, 11) is 0.794. The molecule has 0 fully saturated rings. The van der Waals surface area contributed by atoms with Gasteiger partial charge in [0.2, 0.25) is 10.0 Å². The van der Waals surface area contributed by atoms with Crippen molar-refractivity contribution < 1.29 is 18.0 Å². The largest absolute Gasteiger partial charge is 0.279 e. The summed E-state index contributed by atoms with van der Waals surface area (Å²) in [5, 5.41) is 1.04. The number of anilines is 1. The molecule has 100 valence electrons. The molecule has 0 saturated heterocycles. The molecule has 0 atom stereocenters. The first-order chi connectivity index (χ1) is 8.29. The molecule has 0 aliphatic heterocycles. The minimum atomic E-state index is -3.42. The van der Waals surface area contributed by atoms with Gasteiger partial charge < -0.3 is 0 Å². The predicted octanol–water partition coefficient (Wildman–Crippen LogP) is 0.716. The van der Waals surface area contributed by atoms with E-state index < -0.39 is 15.9 Å². The molecule has 1 aromatic rings. The molecule has 1 amide bonds. The first kappa shape index (κ1) is 14.5. The third kappa shape index (κ3) is 2.99. The second-order valence-corrected chi connectivity index (χ2v) is 5.75. The van der Waals surface area contributed by atoms with Crippen LogP contribution in [-0.4, -0.2) is 46.8 Å². The van der Waals surface area contributed by atoms with Crippen LogP contribution in [0.15, 0.2) is 24.3 Å². The summed E-state index contributed by atoms with van der Waals surface area (Å²) in [5.74, 6) is -0.413. The average molecular weight is 272 g/mol. The lowest BCUT2D eigenvalue weighted by Crippen LogP contribution is -2.30. The van der Waals surface area contributed by atoms with Crippen LogP contribution in [0.3, 0.4) is 0 Å². The second-order valence-electron chi connectivity index (χ2n) is 3.73. The van der Waals surface area contributed by atoms with Gasteiger partial charge in [0, 0.05) is 14.1 Å². The number of amides is 1. The zero-order chi connectivity index (χ0) is 13.9. The van der Waals surface area contributed by atoms with Crippen LogP contribution in [0.25, 0.3) is 0 Å². The van der Waals surface area contributed by atoms with E-state index in [2.05, 4.69) is 0 Å². The van der Waals surface area contributed by atoms with Gasteiger partial charge in [-0.15, -0.1) is 0 Å². The van der Waals surface area contributed by atoms with Gasteiger partial charge in [0.05, 0.1) is 24.6 Å². The van der Waals surface area contributed by atoms with E-state index in [4.69, 9.17) is 4.84 Å². The first-order valence-corrected chi connectivity index (χ1v) is 6.99.